The number of rotatable bonds is 0. The van der Waals surface area contributed by atoms with Crippen LogP contribution in [0, 0.1) is 6.92 Å². The maximum atomic E-state index is 5.96. The molecule has 0 unspecified atom stereocenters. The molecule has 1 aromatic carbocycles. The smallest absolute Gasteiger partial charge is 0.129 e. The summed E-state index contributed by atoms with van der Waals surface area (Å²) >= 11 is 0. The summed E-state index contributed by atoms with van der Waals surface area (Å²) in [5, 5.41) is 0. The van der Waals surface area contributed by atoms with Gasteiger partial charge in [0.15, 0.2) is 0 Å². The number of hydrogen-bond acceptors (Lipinski definition) is 3. The second kappa shape index (κ2) is 4.07. The summed E-state index contributed by atoms with van der Waals surface area (Å²) in [6.07, 6.45) is 0.848. The lowest BCUT2D eigenvalue weighted by Crippen LogP contribution is -2.22. The molecular formula is C10H15ClN2O. The summed E-state index contributed by atoms with van der Waals surface area (Å²) in [4.78, 5) is 0. The molecule has 4 N–H and O–H groups in total. The van der Waals surface area contributed by atoms with E-state index in [0.717, 1.165) is 29.0 Å². The number of anilines is 1. The average Bonchev–Trinajstić information content (AvgIpc) is 2.12. The molecule has 0 fully saturated rings. The van der Waals surface area contributed by atoms with Gasteiger partial charge in [0.2, 0.25) is 0 Å². The first-order valence-electron chi connectivity index (χ1n) is 4.47. The molecule has 1 atom stereocenters. The van der Waals surface area contributed by atoms with E-state index in [1.165, 1.54) is 0 Å². The predicted octanol–water partition coefficient (Wildman–Crippen LogP) is 1.78. The van der Waals surface area contributed by atoms with Crippen LogP contribution in [-0.4, -0.2) is 6.61 Å². The molecule has 1 aromatic rings. The van der Waals surface area contributed by atoms with Crippen LogP contribution in [0.4, 0.5) is 5.69 Å². The number of ether oxygens (including phenoxy) is 1. The zero-order valence-corrected chi connectivity index (χ0v) is 8.93. The Bertz CT molecular complexity index is 341. The molecule has 0 radical (unpaired) electrons. The Labute approximate surface area is 89.8 Å². The Balaban J connectivity index is 0.000000980. The molecule has 2 rings (SSSR count). The van der Waals surface area contributed by atoms with E-state index in [-0.39, 0.29) is 18.4 Å². The van der Waals surface area contributed by atoms with Crippen molar-refractivity contribution in [3.63, 3.8) is 0 Å². The first-order valence-corrected chi connectivity index (χ1v) is 4.47. The molecule has 0 saturated carbocycles. The summed E-state index contributed by atoms with van der Waals surface area (Å²) < 4.78 is 5.55. The van der Waals surface area contributed by atoms with Gasteiger partial charge in [-0.05, 0) is 18.6 Å². The number of hydrogen-bond donors (Lipinski definition) is 2. The van der Waals surface area contributed by atoms with Crippen molar-refractivity contribution in [2.45, 2.75) is 19.4 Å². The molecule has 4 heteroatoms. The van der Waals surface area contributed by atoms with E-state index in [9.17, 15) is 0 Å². The van der Waals surface area contributed by atoms with E-state index in [2.05, 4.69) is 0 Å². The molecule has 0 bridgehead atoms. The van der Waals surface area contributed by atoms with Gasteiger partial charge >= 0.3 is 0 Å². The quantitative estimate of drug-likeness (QED) is 0.648. The zero-order valence-electron chi connectivity index (χ0n) is 8.12. The topological polar surface area (TPSA) is 61.3 Å². The Morgan fingerprint density at radius 2 is 2.14 bits per heavy atom. The molecule has 14 heavy (non-hydrogen) atoms. The minimum absolute atomic E-state index is 0. The number of fused-ring (bicyclic) bond motifs is 1. The first-order chi connectivity index (χ1) is 6.20. The highest BCUT2D eigenvalue weighted by Crippen LogP contribution is 2.37. The summed E-state index contributed by atoms with van der Waals surface area (Å²) in [5.74, 6) is 0.888. The third kappa shape index (κ3) is 1.65. The highest BCUT2D eigenvalue weighted by Gasteiger charge is 2.21. The average molecular weight is 215 g/mol. The molecule has 1 aliphatic rings. The maximum Gasteiger partial charge on any atom is 0.129 e. The van der Waals surface area contributed by atoms with Crippen LogP contribution in [0.15, 0.2) is 12.1 Å². The van der Waals surface area contributed by atoms with Crippen molar-refractivity contribution in [2.24, 2.45) is 5.73 Å². The van der Waals surface area contributed by atoms with Crippen molar-refractivity contribution in [3.8, 4) is 5.75 Å². The SMILES string of the molecule is Cc1ccc(N)c2c1OCC[C@H]2N.Cl. The fraction of sp³-hybridized carbons (Fsp3) is 0.400. The van der Waals surface area contributed by atoms with Crippen LogP contribution in [0.2, 0.25) is 0 Å². The third-order valence-electron chi connectivity index (χ3n) is 2.47. The summed E-state index contributed by atoms with van der Waals surface area (Å²) in [7, 11) is 0. The van der Waals surface area contributed by atoms with Gasteiger partial charge in [0.1, 0.15) is 5.75 Å². The fourth-order valence-electron chi connectivity index (χ4n) is 1.73. The Morgan fingerprint density at radius 1 is 1.43 bits per heavy atom. The first kappa shape index (κ1) is 11.1. The number of nitrogen functional groups attached to an aromatic ring is 1. The highest BCUT2D eigenvalue weighted by molar-refractivity contribution is 5.85. The molecule has 0 saturated heterocycles. The summed E-state index contributed by atoms with van der Waals surface area (Å²) in [5.41, 5.74) is 14.6. The van der Waals surface area contributed by atoms with E-state index >= 15 is 0 Å². The van der Waals surface area contributed by atoms with Crippen LogP contribution in [0.5, 0.6) is 5.75 Å². The second-order valence-corrected chi connectivity index (χ2v) is 3.46. The van der Waals surface area contributed by atoms with Crippen molar-refractivity contribution in [1.82, 2.24) is 0 Å². The van der Waals surface area contributed by atoms with E-state index in [0.29, 0.717) is 6.61 Å². The van der Waals surface area contributed by atoms with Gasteiger partial charge in [-0.3, -0.25) is 0 Å². The van der Waals surface area contributed by atoms with Gasteiger partial charge in [-0.2, -0.15) is 0 Å². The van der Waals surface area contributed by atoms with Crippen molar-refractivity contribution in [2.75, 3.05) is 12.3 Å². The summed E-state index contributed by atoms with van der Waals surface area (Å²) in [6, 6.07) is 3.89. The molecule has 3 nitrogen and oxygen atoms in total. The van der Waals surface area contributed by atoms with Crippen molar-refractivity contribution in [3.05, 3.63) is 23.3 Å². The van der Waals surface area contributed by atoms with Crippen LogP contribution in [0.1, 0.15) is 23.6 Å². The van der Waals surface area contributed by atoms with Crippen LogP contribution >= 0.6 is 12.4 Å². The van der Waals surface area contributed by atoms with Crippen molar-refractivity contribution in [1.29, 1.82) is 0 Å². The number of nitrogens with two attached hydrogens (primary N) is 2. The van der Waals surface area contributed by atoms with E-state index < -0.39 is 0 Å². The number of benzene rings is 1. The van der Waals surface area contributed by atoms with Gasteiger partial charge in [0.05, 0.1) is 6.61 Å². The number of halogens is 1. The van der Waals surface area contributed by atoms with Crippen LogP contribution in [-0.2, 0) is 0 Å². The molecular weight excluding hydrogens is 200 g/mol. The standard InChI is InChI=1S/C10H14N2O.ClH/c1-6-2-3-7(11)9-8(12)4-5-13-10(6)9;/h2-3,8H,4-5,11-12H2,1H3;1H/t8-;/m1./s1. The lowest BCUT2D eigenvalue weighted by Gasteiger charge is -2.25. The molecule has 0 spiro atoms. The number of aryl methyl sites for hydroxylation is 1. The maximum absolute atomic E-state index is 5.96. The molecule has 0 aliphatic carbocycles. The predicted molar refractivity (Wildman–Crippen MR) is 59.9 cm³/mol. The molecule has 78 valence electrons. The highest BCUT2D eigenvalue weighted by atomic mass is 35.5. The van der Waals surface area contributed by atoms with E-state index in [4.69, 9.17) is 16.2 Å². The lowest BCUT2D eigenvalue weighted by atomic mass is 9.97. The lowest BCUT2D eigenvalue weighted by molar-refractivity contribution is 0.268. The second-order valence-electron chi connectivity index (χ2n) is 3.46. The van der Waals surface area contributed by atoms with E-state index in [1.807, 2.05) is 19.1 Å². The van der Waals surface area contributed by atoms with Gasteiger partial charge < -0.3 is 16.2 Å². The van der Waals surface area contributed by atoms with Gasteiger partial charge in [-0.1, -0.05) is 6.07 Å². The Kier molecular flexibility index (Phi) is 3.24. The normalized spacial score (nSPS) is 19.1. The Morgan fingerprint density at radius 3 is 2.79 bits per heavy atom. The van der Waals surface area contributed by atoms with E-state index in [1.54, 1.807) is 0 Å². The van der Waals surface area contributed by atoms with Gasteiger partial charge in [0, 0.05) is 23.7 Å². The molecule has 1 heterocycles. The van der Waals surface area contributed by atoms with Crippen LogP contribution in [0.3, 0.4) is 0 Å². The van der Waals surface area contributed by atoms with Crippen molar-refractivity contribution >= 4 is 18.1 Å². The van der Waals surface area contributed by atoms with Crippen LogP contribution < -0.4 is 16.2 Å². The van der Waals surface area contributed by atoms with Gasteiger partial charge in [-0.25, -0.2) is 0 Å². The summed E-state index contributed by atoms with van der Waals surface area (Å²) in [6.45, 7) is 2.70. The Hall–Kier alpha value is -0.930. The largest absolute Gasteiger partial charge is 0.493 e. The third-order valence-corrected chi connectivity index (χ3v) is 2.47. The molecule has 1 aliphatic heterocycles. The minimum Gasteiger partial charge on any atom is -0.493 e. The minimum atomic E-state index is 0. The van der Waals surface area contributed by atoms with Crippen molar-refractivity contribution < 1.29 is 4.74 Å². The zero-order chi connectivity index (χ0) is 9.42. The monoisotopic (exact) mass is 214 g/mol. The van der Waals surface area contributed by atoms with Gasteiger partial charge in [-0.15, -0.1) is 12.4 Å². The fourth-order valence-corrected chi connectivity index (χ4v) is 1.73. The molecule has 0 amide bonds. The van der Waals surface area contributed by atoms with Crippen LogP contribution in [0.25, 0.3) is 0 Å². The molecule has 0 aromatic heterocycles. The van der Waals surface area contributed by atoms with Gasteiger partial charge in [0.25, 0.3) is 0 Å².